The number of esters is 2. The van der Waals surface area contributed by atoms with Gasteiger partial charge in [-0.15, -0.1) is 12.8 Å². The van der Waals surface area contributed by atoms with E-state index < -0.39 is 11.9 Å². The van der Waals surface area contributed by atoms with Crippen LogP contribution in [0.3, 0.4) is 0 Å². The normalized spacial score (nSPS) is 11.2. The lowest BCUT2D eigenvalue weighted by atomic mass is 9.93. The lowest BCUT2D eigenvalue weighted by Gasteiger charge is -2.16. The lowest BCUT2D eigenvalue weighted by molar-refractivity contribution is -0.146. The van der Waals surface area contributed by atoms with Crippen molar-refractivity contribution in [2.45, 2.75) is 60.7 Å². The van der Waals surface area contributed by atoms with E-state index in [4.69, 9.17) is 28.9 Å². The molecule has 0 unspecified atom stereocenters. The van der Waals surface area contributed by atoms with Crippen molar-refractivity contribution in [1.29, 1.82) is 1.43 Å². The van der Waals surface area contributed by atoms with Crippen LogP contribution in [-0.4, -0.2) is 23.5 Å². The molecule has 0 saturated heterocycles. The van der Waals surface area contributed by atoms with Crippen LogP contribution < -0.4 is 0 Å². The molecule has 0 aliphatic carbocycles. The number of pyridine rings is 1. The molecule has 0 aromatic carbocycles. The molecule has 0 aliphatic rings. The molecule has 2 radical (unpaired) electrons. The van der Waals surface area contributed by atoms with Crippen LogP contribution in [0.2, 0.25) is 0 Å². The molecule has 0 atom stereocenters. The second-order valence-corrected chi connectivity index (χ2v) is 7.50. The van der Waals surface area contributed by atoms with Crippen molar-refractivity contribution in [3.8, 4) is 30.4 Å². The van der Waals surface area contributed by atoms with Crippen molar-refractivity contribution in [2.24, 2.45) is 11.8 Å². The summed E-state index contributed by atoms with van der Waals surface area (Å²) < 4.78 is 18.0. The van der Waals surface area contributed by atoms with Crippen LogP contribution in [0.5, 0.6) is 5.75 Å². The van der Waals surface area contributed by atoms with E-state index in [-0.39, 0.29) is 43.6 Å². The van der Waals surface area contributed by atoms with Gasteiger partial charge in [0.05, 0.1) is 30.4 Å². The number of hydrogen-bond acceptors (Lipinski definition) is 6. The van der Waals surface area contributed by atoms with E-state index in [9.17, 15) is 9.59 Å². The molecule has 0 spiro atoms. The van der Waals surface area contributed by atoms with E-state index in [1.165, 1.54) is 6.20 Å². The molecule has 0 aliphatic heterocycles. The van der Waals surface area contributed by atoms with Crippen LogP contribution in [0.4, 0.5) is 0 Å². The van der Waals surface area contributed by atoms with Crippen LogP contribution in [0.1, 0.15) is 57.4 Å². The van der Waals surface area contributed by atoms with Gasteiger partial charge in [0.15, 0.2) is 0 Å². The summed E-state index contributed by atoms with van der Waals surface area (Å²) in [7, 11) is 0. The topological polar surface area (TPSA) is 85.7 Å². The quantitative estimate of drug-likeness (QED) is 0.441. The van der Waals surface area contributed by atoms with Gasteiger partial charge in [0.1, 0.15) is 19.0 Å². The molecule has 0 bridgehead atoms. The number of carbonyl (C=O) groups excluding carboxylic acids is 2. The Morgan fingerprint density at radius 1 is 1.07 bits per heavy atom. The number of carbonyl (C=O) groups is 2. The fraction of sp³-hybridized carbons (Fsp3) is 0.458. The number of aryl methyl sites for hydroxylation is 1. The Labute approximate surface area is 180 Å². The highest BCUT2D eigenvalue weighted by Gasteiger charge is 2.21. The maximum absolute atomic E-state index is 12.2. The van der Waals surface area contributed by atoms with E-state index in [2.05, 4.69) is 16.8 Å². The summed E-state index contributed by atoms with van der Waals surface area (Å²) >= 11 is 0. The summed E-state index contributed by atoms with van der Waals surface area (Å²) in [5.41, 5.74) is 1.31. The van der Waals surface area contributed by atoms with E-state index in [0.29, 0.717) is 28.7 Å². The highest BCUT2D eigenvalue weighted by atomic mass is 16.5. The monoisotopic (exact) mass is 412 g/mol. The maximum atomic E-state index is 12.2. The van der Waals surface area contributed by atoms with Crippen molar-refractivity contribution in [3.63, 3.8) is 0 Å². The standard InChI is InChI=1S/C24H29NO5/c1-8-18(15(3)4)10-22(26)29-13-20-12-25-17(7)24(28)21(20)14-30-23(27)11-19(9-2)16(5)6/h1-2,12,15-16,28H,10-11,13-14H2,3-7H3/i/hD. The third-order valence-corrected chi connectivity index (χ3v) is 4.60. The first-order chi connectivity index (χ1) is 14.6. The molecule has 6 nitrogen and oxygen atoms in total. The van der Waals surface area contributed by atoms with E-state index >= 15 is 0 Å². The smallest absolute Gasteiger partial charge is 0.307 e. The summed E-state index contributed by atoms with van der Waals surface area (Å²) in [6.07, 6.45) is 12.4. The molecule has 0 fully saturated rings. The van der Waals surface area contributed by atoms with Gasteiger partial charge in [-0.3, -0.25) is 14.6 Å². The molecule has 1 heterocycles. The SMILES string of the molecule is [2H]Oc1c(C)ncc(COC(=O)C[C](C#C)C(C)C)c1COC(=O)C[C](C#C)C(C)C. The molecule has 0 amide bonds. The Bertz CT molecular complexity index is 851. The first kappa shape index (κ1) is 23.3. The summed E-state index contributed by atoms with van der Waals surface area (Å²) in [6.45, 7) is 8.96. The minimum atomic E-state index is -0.500. The average molecular weight is 413 g/mol. The van der Waals surface area contributed by atoms with Gasteiger partial charge in [-0.2, -0.15) is 0 Å². The molecule has 1 rings (SSSR count). The molecule has 1 aromatic rings. The van der Waals surface area contributed by atoms with Crippen molar-refractivity contribution in [3.05, 3.63) is 34.9 Å². The van der Waals surface area contributed by atoms with E-state index in [0.717, 1.165) is 0 Å². The molecule has 0 saturated carbocycles. The summed E-state index contributed by atoms with van der Waals surface area (Å²) in [5.74, 6) is 5.58. The summed E-state index contributed by atoms with van der Waals surface area (Å²) in [4.78, 5) is 28.6. The molecule has 1 N–H and O–H groups in total. The van der Waals surface area contributed by atoms with Gasteiger partial charge in [-0.1, -0.05) is 39.5 Å². The van der Waals surface area contributed by atoms with Crippen molar-refractivity contribution >= 4 is 11.9 Å². The van der Waals surface area contributed by atoms with Crippen molar-refractivity contribution in [1.82, 2.24) is 4.98 Å². The van der Waals surface area contributed by atoms with Gasteiger partial charge in [0, 0.05) is 17.3 Å². The predicted molar refractivity (Wildman–Crippen MR) is 113 cm³/mol. The first-order valence-corrected chi connectivity index (χ1v) is 9.70. The van der Waals surface area contributed by atoms with Crippen LogP contribution in [-0.2, 0) is 32.3 Å². The number of aromatic hydroxyl groups is 1. The number of terminal acetylenes is 2. The summed E-state index contributed by atoms with van der Waals surface area (Å²) in [6, 6.07) is 0. The van der Waals surface area contributed by atoms with Gasteiger partial charge in [0.2, 0.25) is 0 Å². The van der Waals surface area contributed by atoms with Gasteiger partial charge in [0.25, 0.3) is 1.43 Å². The number of nitrogens with zero attached hydrogens (tertiary/aromatic N) is 1. The second-order valence-electron chi connectivity index (χ2n) is 7.50. The van der Waals surface area contributed by atoms with Crippen LogP contribution >= 0.6 is 0 Å². The Morgan fingerprint density at radius 3 is 2.00 bits per heavy atom. The van der Waals surface area contributed by atoms with E-state index in [1.807, 2.05) is 27.7 Å². The van der Waals surface area contributed by atoms with Crippen LogP contribution in [0.25, 0.3) is 0 Å². The average Bonchev–Trinajstić information content (AvgIpc) is 2.72. The van der Waals surface area contributed by atoms with Crippen LogP contribution in [0, 0.1) is 55.3 Å². The van der Waals surface area contributed by atoms with Crippen molar-refractivity contribution < 1.29 is 24.2 Å². The Hall–Kier alpha value is -2.99. The number of ether oxygens (including phenoxy) is 2. The number of aromatic nitrogens is 1. The highest BCUT2D eigenvalue weighted by Crippen LogP contribution is 2.26. The van der Waals surface area contributed by atoms with Gasteiger partial charge >= 0.3 is 11.9 Å². The van der Waals surface area contributed by atoms with E-state index in [1.54, 1.807) is 6.92 Å². The number of rotatable bonds is 11. The van der Waals surface area contributed by atoms with Crippen molar-refractivity contribution in [2.75, 3.05) is 0 Å². The third-order valence-electron chi connectivity index (χ3n) is 4.60. The number of hydrogen-bond donors (Lipinski definition) is 1. The Balaban J connectivity index is 2.91. The molecule has 6 heteroatoms. The molecular weight excluding hydrogens is 382 g/mol. The maximum Gasteiger partial charge on any atom is 0.307 e. The molecule has 160 valence electrons. The molecule has 1 aromatic heterocycles. The highest BCUT2D eigenvalue weighted by molar-refractivity contribution is 5.73. The van der Waals surface area contributed by atoms with Crippen LogP contribution in [0.15, 0.2) is 6.20 Å². The second kappa shape index (κ2) is 11.9. The van der Waals surface area contributed by atoms with Gasteiger partial charge < -0.3 is 14.6 Å². The largest absolute Gasteiger partial charge is 0.506 e. The minimum absolute atomic E-state index is 0.000477. The molecule has 30 heavy (non-hydrogen) atoms. The fourth-order valence-corrected chi connectivity index (χ4v) is 2.53. The lowest BCUT2D eigenvalue weighted by Crippen LogP contribution is -2.15. The van der Waals surface area contributed by atoms with Gasteiger partial charge in [-0.25, -0.2) is 0 Å². The Morgan fingerprint density at radius 2 is 1.57 bits per heavy atom. The fourth-order valence-electron chi connectivity index (χ4n) is 2.53. The molecular formula is C24H29NO5. The zero-order valence-corrected chi connectivity index (χ0v) is 18.2. The van der Waals surface area contributed by atoms with Gasteiger partial charge in [-0.05, 0) is 18.8 Å². The zero-order valence-electron chi connectivity index (χ0n) is 19.2. The predicted octanol–water partition coefficient (Wildman–Crippen LogP) is 3.69. The summed E-state index contributed by atoms with van der Waals surface area (Å²) in [5, 5.41) is 4.70. The first-order valence-electron chi connectivity index (χ1n) is 10.1. The third kappa shape index (κ3) is 7.44. The zero-order chi connectivity index (χ0) is 23.6. The minimum Gasteiger partial charge on any atom is -0.506 e. The Kier molecular flexibility index (Phi) is 9.22.